The van der Waals surface area contributed by atoms with E-state index in [-0.39, 0.29) is 0 Å². The molecule has 2 heterocycles. The second-order valence-corrected chi connectivity index (χ2v) is 5.11. The average Bonchev–Trinajstić information content (AvgIpc) is 2.98. The Labute approximate surface area is 114 Å². The van der Waals surface area contributed by atoms with Gasteiger partial charge >= 0.3 is 0 Å². The first-order valence-corrected chi connectivity index (χ1v) is 6.74. The van der Waals surface area contributed by atoms with Crippen LogP contribution >= 0.6 is 11.3 Å². The molecule has 3 rings (SSSR count). The van der Waals surface area contributed by atoms with E-state index in [1.54, 1.807) is 24.6 Å². The first-order valence-electron chi connectivity index (χ1n) is 5.86. The number of anilines is 2. The fourth-order valence-corrected chi connectivity index (χ4v) is 2.48. The zero-order chi connectivity index (χ0) is 13.2. The summed E-state index contributed by atoms with van der Waals surface area (Å²) in [6, 6.07) is 8.20. The van der Waals surface area contributed by atoms with Gasteiger partial charge < -0.3 is 5.32 Å². The van der Waals surface area contributed by atoms with E-state index in [1.807, 2.05) is 17.5 Å². The number of benzene rings is 1. The predicted octanol–water partition coefficient (Wildman–Crippen LogP) is 2.99. The Morgan fingerprint density at radius 1 is 1.26 bits per heavy atom. The molecule has 0 unspecified atom stereocenters. The van der Waals surface area contributed by atoms with Crippen LogP contribution in [0.1, 0.15) is 5.56 Å². The van der Waals surface area contributed by atoms with Gasteiger partial charge in [0.15, 0.2) is 5.13 Å². The summed E-state index contributed by atoms with van der Waals surface area (Å²) >= 11 is 1.56. The highest BCUT2D eigenvalue weighted by Crippen LogP contribution is 2.25. The third kappa shape index (κ3) is 2.63. The van der Waals surface area contributed by atoms with Crippen LogP contribution in [0.25, 0.3) is 11.4 Å². The molecule has 0 atom stereocenters. The van der Waals surface area contributed by atoms with Crippen molar-refractivity contribution in [2.75, 3.05) is 5.32 Å². The Hall–Kier alpha value is -2.21. The van der Waals surface area contributed by atoms with E-state index in [0.29, 0.717) is 0 Å². The van der Waals surface area contributed by atoms with Crippen molar-refractivity contribution in [3.63, 3.8) is 0 Å². The van der Waals surface area contributed by atoms with Crippen LogP contribution in [-0.4, -0.2) is 20.0 Å². The molecule has 0 fully saturated rings. The number of hydrogen-bond acceptors (Lipinski definition) is 5. The maximum absolute atomic E-state index is 4.51. The number of aromatic nitrogens is 4. The van der Waals surface area contributed by atoms with Crippen molar-refractivity contribution in [2.45, 2.75) is 6.92 Å². The van der Waals surface area contributed by atoms with E-state index in [1.165, 1.54) is 10.4 Å². The molecule has 0 aliphatic rings. The number of rotatable bonds is 3. The monoisotopic (exact) mass is 271 g/mol. The third-order valence-corrected chi connectivity index (χ3v) is 3.39. The van der Waals surface area contributed by atoms with Crippen molar-refractivity contribution < 1.29 is 0 Å². The molecule has 0 aliphatic heterocycles. The summed E-state index contributed by atoms with van der Waals surface area (Å²) in [5, 5.41) is 14.4. The molecule has 96 valence electrons. The number of thiazole rings is 1. The van der Waals surface area contributed by atoms with Gasteiger partial charge in [0.25, 0.3) is 0 Å². The second kappa shape index (κ2) is 4.81. The number of nitrogens with zero attached hydrogens (tertiary/aromatic N) is 4. The minimum Gasteiger partial charge on any atom is -0.332 e. The molecule has 0 saturated heterocycles. The Morgan fingerprint density at radius 2 is 2.16 bits per heavy atom. The topological polar surface area (TPSA) is 55.6 Å². The molecule has 1 N–H and O–H groups in total. The Balaban J connectivity index is 1.82. The van der Waals surface area contributed by atoms with Gasteiger partial charge in [-0.25, -0.2) is 4.98 Å². The minimum atomic E-state index is 0.788. The van der Waals surface area contributed by atoms with E-state index < -0.39 is 0 Å². The maximum atomic E-state index is 4.51. The van der Waals surface area contributed by atoms with Gasteiger partial charge in [0.1, 0.15) is 11.4 Å². The highest BCUT2D eigenvalue weighted by molar-refractivity contribution is 7.14. The lowest BCUT2D eigenvalue weighted by Crippen LogP contribution is -1.92. The molecule has 0 bridgehead atoms. The quantitative estimate of drug-likeness (QED) is 0.795. The van der Waals surface area contributed by atoms with Crippen LogP contribution in [0, 0.1) is 6.92 Å². The smallest absolute Gasteiger partial charge is 0.187 e. The zero-order valence-electron chi connectivity index (χ0n) is 10.7. The Morgan fingerprint density at radius 3 is 2.89 bits per heavy atom. The van der Waals surface area contributed by atoms with Crippen LogP contribution in [0.3, 0.4) is 0 Å². The van der Waals surface area contributed by atoms with Gasteiger partial charge in [-0.2, -0.15) is 15.0 Å². The van der Waals surface area contributed by atoms with Crippen LogP contribution < -0.4 is 5.32 Å². The first kappa shape index (κ1) is 11.9. The predicted molar refractivity (Wildman–Crippen MR) is 76.6 cm³/mol. The lowest BCUT2D eigenvalue weighted by molar-refractivity contribution is 0.655. The van der Waals surface area contributed by atoms with Crippen molar-refractivity contribution in [1.29, 1.82) is 0 Å². The average molecular weight is 271 g/mol. The third-order valence-electron chi connectivity index (χ3n) is 2.64. The van der Waals surface area contributed by atoms with Gasteiger partial charge in [-0.1, -0.05) is 12.1 Å². The summed E-state index contributed by atoms with van der Waals surface area (Å²) < 4.78 is 0. The summed E-state index contributed by atoms with van der Waals surface area (Å²) in [7, 11) is 1.79. The van der Waals surface area contributed by atoms with Crippen molar-refractivity contribution in [1.82, 2.24) is 20.0 Å². The zero-order valence-corrected chi connectivity index (χ0v) is 11.5. The van der Waals surface area contributed by atoms with Gasteiger partial charge in [-0.3, -0.25) is 0 Å². The van der Waals surface area contributed by atoms with Crippen molar-refractivity contribution in [3.8, 4) is 11.4 Å². The summed E-state index contributed by atoms with van der Waals surface area (Å²) in [5.41, 5.74) is 3.89. The maximum Gasteiger partial charge on any atom is 0.187 e. The van der Waals surface area contributed by atoms with E-state index in [4.69, 9.17) is 0 Å². The molecule has 5 nitrogen and oxygen atoms in total. The van der Waals surface area contributed by atoms with E-state index in [0.717, 1.165) is 22.2 Å². The molecule has 0 aliphatic carbocycles. The standard InChI is InChI=1S/C13H13N5S/c1-9-4-3-5-10(6-9)15-13-16-12(8-19-13)11-7-14-18(2)17-11/h3-8H,1-2H3,(H,15,16). The van der Waals surface area contributed by atoms with Gasteiger partial charge in [0.05, 0.1) is 6.20 Å². The molecule has 2 aromatic heterocycles. The van der Waals surface area contributed by atoms with Crippen molar-refractivity contribution in [3.05, 3.63) is 41.4 Å². The summed E-state index contributed by atoms with van der Waals surface area (Å²) in [4.78, 5) is 6.04. The van der Waals surface area contributed by atoms with Gasteiger partial charge in [0.2, 0.25) is 0 Å². The normalized spacial score (nSPS) is 10.6. The van der Waals surface area contributed by atoms with Crippen molar-refractivity contribution in [2.24, 2.45) is 7.05 Å². The van der Waals surface area contributed by atoms with Crippen LogP contribution in [0.15, 0.2) is 35.8 Å². The lowest BCUT2D eigenvalue weighted by atomic mass is 10.2. The number of hydrogen-bond donors (Lipinski definition) is 1. The largest absolute Gasteiger partial charge is 0.332 e. The highest BCUT2D eigenvalue weighted by Gasteiger charge is 2.07. The SMILES string of the molecule is Cc1cccc(Nc2nc(-c3cnn(C)n3)cs2)c1. The summed E-state index contributed by atoms with van der Waals surface area (Å²) in [6.45, 7) is 2.07. The Bertz CT molecular complexity index is 700. The summed E-state index contributed by atoms with van der Waals surface area (Å²) in [6.07, 6.45) is 1.71. The number of aryl methyl sites for hydroxylation is 2. The fraction of sp³-hybridized carbons (Fsp3) is 0.154. The van der Waals surface area contributed by atoms with Crippen LogP contribution in [0.2, 0.25) is 0 Å². The van der Waals surface area contributed by atoms with E-state index in [2.05, 4.69) is 39.6 Å². The van der Waals surface area contributed by atoms with Crippen LogP contribution in [0.4, 0.5) is 10.8 Å². The van der Waals surface area contributed by atoms with Crippen LogP contribution in [0.5, 0.6) is 0 Å². The van der Waals surface area contributed by atoms with Crippen molar-refractivity contribution >= 4 is 22.2 Å². The molecule has 0 saturated carbocycles. The molecule has 19 heavy (non-hydrogen) atoms. The molecule has 1 aromatic carbocycles. The second-order valence-electron chi connectivity index (χ2n) is 4.25. The molecule has 3 aromatic rings. The first-order chi connectivity index (χ1) is 9.20. The van der Waals surface area contributed by atoms with Gasteiger partial charge in [-0.05, 0) is 24.6 Å². The molecule has 0 amide bonds. The molecular weight excluding hydrogens is 258 g/mol. The molecule has 6 heteroatoms. The van der Waals surface area contributed by atoms with E-state index >= 15 is 0 Å². The summed E-state index contributed by atoms with van der Waals surface area (Å²) in [5.74, 6) is 0. The van der Waals surface area contributed by atoms with Gasteiger partial charge in [0, 0.05) is 18.1 Å². The highest BCUT2D eigenvalue weighted by atomic mass is 32.1. The minimum absolute atomic E-state index is 0.788. The molecule has 0 spiro atoms. The fourth-order valence-electron chi connectivity index (χ4n) is 1.76. The molecular formula is C13H13N5S. The van der Waals surface area contributed by atoms with Gasteiger partial charge in [-0.15, -0.1) is 11.3 Å². The van der Waals surface area contributed by atoms with Crippen LogP contribution in [-0.2, 0) is 7.05 Å². The van der Waals surface area contributed by atoms with E-state index in [9.17, 15) is 0 Å². The lowest BCUT2D eigenvalue weighted by Gasteiger charge is -2.02. The number of nitrogens with one attached hydrogen (secondary N) is 1. The Kier molecular flexibility index (Phi) is 3.00. The molecule has 0 radical (unpaired) electrons.